The van der Waals surface area contributed by atoms with Gasteiger partial charge < -0.3 is 4.74 Å². The molecule has 0 aromatic rings. The average molecular weight is 221 g/mol. The molecule has 0 spiro atoms. The predicted molar refractivity (Wildman–Crippen MR) is 58.4 cm³/mol. The third-order valence-corrected chi connectivity index (χ3v) is 1.41. The molecule has 0 heterocycles. The topological polar surface area (TPSA) is 38.8 Å². The van der Waals surface area contributed by atoms with Gasteiger partial charge in [0.1, 0.15) is 5.60 Å². The van der Waals surface area contributed by atoms with Gasteiger partial charge in [-0.25, -0.2) is 4.79 Å². The van der Waals surface area contributed by atoms with Crippen LogP contribution in [0.1, 0.15) is 27.7 Å². The summed E-state index contributed by atoms with van der Waals surface area (Å²) in [7, 11) is 0. The van der Waals surface area contributed by atoms with Crippen LogP contribution in [-0.2, 0) is 9.57 Å². The lowest BCUT2D eigenvalue weighted by atomic mass is 10.2. The maximum atomic E-state index is 11.4. The molecule has 0 unspecified atom stereocenters. The zero-order chi connectivity index (χ0) is 11.2. The lowest BCUT2D eigenvalue weighted by Crippen LogP contribution is -2.37. The second kappa shape index (κ2) is 6.14. The molecule has 14 heavy (non-hydrogen) atoms. The quantitative estimate of drug-likeness (QED) is 0.583. The lowest BCUT2D eigenvalue weighted by Gasteiger charge is -2.25. The molecule has 0 aliphatic rings. The number of ether oxygens (including phenoxy) is 1. The van der Waals surface area contributed by atoms with Crippen molar-refractivity contribution in [2.75, 3.05) is 18.9 Å². The van der Waals surface area contributed by atoms with Crippen LogP contribution in [0.4, 0.5) is 4.79 Å². The van der Waals surface area contributed by atoms with E-state index in [2.05, 4.69) is 12.6 Å². The SMILES string of the molecule is CCN(OCCS)C(=O)OC(C)(C)C. The highest BCUT2D eigenvalue weighted by atomic mass is 32.1. The van der Waals surface area contributed by atoms with Crippen LogP contribution in [0, 0.1) is 0 Å². The number of hydroxylamine groups is 2. The smallest absolute Gasteiger partial charge is 0.434 e. The first kappa shape index (κ1) is 13.6. The van der Waals surface area contributed by atoms with Gasteiger partial charge in [0, 0.05) is 12.3 Å². The number of hydrogen-bond donors (Lipinski definition) is 1. The molecule has 0 fully saturated rings. The minimum Gasteiger partial charge on any atom is -0.442 e. The van der Waals surface area contributed by atoms with Gasteiger partial charge in [-0.05, 0) is 27.7 Å². The molecule has 0 aliphatic heterocycles. The Hall–Kier alpha value is -0.420. The predicted octanol–water partition coefficient (Wildman–Crippen LogP) is 2.10. The fourth-order valence-electron chi connectivity index (χ4n) is 0.737. The van der Waals surface area contributed by atoms with E-state index in [1.54, 1.807) is 0 Å². The number of rotatable bonds is 4. The normalized spacial score (nSPS) is 11.2. The van der Waals surface area contributed by atoms with E-state index in [0.717, 1.165) is 0 Å². The van der Waals surface area contributed by atoms with Crippen LogP contribution in [0.2, 0.25) is 0 Å². The van der Waals surface area contributed by atoms with E-state index < -0.39 is 11.7 Å². The van der Waals surface area contributed by atoms with E-state index >= 15 is 0 Å². The summed E-state index contributed by atoms with van der Waals surface area (Å²) in [6, 6.07) is 0. The Morgan fingerprint density at radius 2 is 2.00 bits per heavy atom. The first-order valence-corrected chi connectivity index (χ1v) is 5.28. The Kier molecular flexibility index (Phi) is 5.95. The van der Waals surface area contributed by atoms with E-state index in [1.807, 2.05) is 27.7 Å². The summed E-state index contributed by atoms with van der Waals surface area (Å²) in [5.41, 5.74) is -0.491. The summed E-state index contributed by atoms with van der Waals surface area (Å²) in [6.07, 6.45) is -0.457. The van der Waals surface area contributed by atoms with Gasteiger partial charge in [0.2, 0.25) is 0 Å². The van der Waals surface area contributed by atoms with Crippen LogP contribution >= 0.6 is 12.6 Å². The minimum atomic E-state index is -0.491. The van der Waals surface area contributed by atoms with E-state index in [9.17, 15) is 4.79 Å². The number of carbonyl (C=O) groups is 1. The van der Waals surface area contributed by atoms with Crippen molar-refractivity contribution in [3.63, 3.8) is 0 Å². The molecule has 0 aliphatic carbocycles. The number of thiol groups is 1. The fraction of sp³-hybridized carbons (Fsp3) is 0.889. The molecular weight excluding hydrogens is 202 g/mol. The summed E-state index contributed by atoms with van der Waals surface area (Å²) >= 11 is 3.98. The molecule has 84 valence electrons. The van der Waals surface area contributed by atoms with Crippen LogP contribution in [0.25, 0.3) is 0 Å². The van der Waals surface area contributed by atoms with Crippen molar-refractivity contribution in [2.24, 2.45) is 0 Å². The molecule has 1 amide bonds. The van der Waals surface area contributed by atoms with Crippen molar-refractivity contribution in [1.82, 2.24) is 5.06 Å². The molecule has 0 saturated carbocycles. The largest absolute Gasteiger partial charge is 0.442 e. The molecular formula is C9H19NO3S. The first-order valence-electron chi connectivity index (χ1n) is 4.65. The molecule has 0 aromatic heterocycles. The van der Waals surface area contributed by atoms with E-state index in [1.165, 1.54) is 5.06 Å². The van der Waals surface area contributed by atoms with Gasteiger partial charge in [0.25, 0.3) is 0 Å². The summed E-state index contributed by atoms with van der Waals surface area (Å²) in [4.78, 5) is 16.6. The zero-order valence-corrected chi connectivity index (χ0v) is 10.1. The Labute approximate surface area is 90.9 Å². The monoisotopic (exact) mass is 221 g/mol. The third-order valence-electron chi connectivity index (χ3n) is 1.22. The van der Waals surface area contributed by atoms with Crippen LogP contribution < -0.4 is 0 Å². The summed E-state index contributed by atoms with van der Waals surface area (Å²) < 4.78 is 5.12. The van der Waals surface area contributed by atoms with Crippen molar-refractivity contribution in [3.05, 3.63) is 0 Å². The average Bonchev–Trinajstić information content (AvgIpc) is 2.02. The van der Waals surface area contributed by atoms with Crippen LogP contribution in [0.15, 0.2) is 0 Å². The van der Waals surface area contributed by atoms with Crippen LogP contribution in [0.5, 0.6) is 0 Å². The maximum Gasteiger partial charge on any atom is 0.434 e. The van der Waals surface area contributed by atoms with Gasteiger partial charge in [0.15, 0.2) is 0 Å². The standard InChI is InChI=1S/C9H19NO3S/c1-5-10(12-6-7-14)8(11)13-9(2,3)4/h14H,5-7H2,1-4H3. The highest BCUT2D eigenvalue weighted by Crippen LogP contribution is 2.09. The molecule has 0 radical (unpaired) electrons. The number of nitrogens with zero attached hydrogens (tertiary/aromatic N) is 1. The van der Waals surface area contributed by atoms with Crippen molar-refractivity contribution >= 4 is 18.7 Å². The second-order valence-corrected chi connectivity index (χ2v) is 4.18. The van der Waals surface area contributed by atoms with Gasteiger partial charge in [-0.15, -0.1) is 0 Å². The van der Waals surface area contributed by atoms with Crippen molar-refractivity contribution in [2.45, 2.75) is 33.3 Å². The zero-order valence-electron chi connectivity index (χ0n) is 9.24. The van der Waals surface area contributed by atoms with Gasteiger partial charge in [-0.2, -0.15) is 17.7 Å². The highest BCUT2D eigenvalue weighted by Gasteiger charge is 2.21. The highest BCUT2D eigenvalue weighted by molar-refractivity contribution is 7.80. The first-order chi connectivity index (χ1) is 6.40. The maximum absolute atomic E-state index is 11.4. The Morgan fingerprint density at radius 3 is 2.36 bits per heavy atom. The van der Waals surface area contributed by atoms with Gasteiger partial charge in [-0.1, -0.05) is 0 Å². The number of carbonyl (C=O) groups excluding carboxylic acids is 1. The molecule has 0 rings (SSSR count). The van der Waals surface area contributed by atoms with E-state index in [4.69, 9.17) is 9.57 Å². The number of hydrogen-bond acceptors (Lipinski definition) is 4. The Morgan fingerprint density at radius 1 is 1.43 bits per heavy atom. The fourth-order valence-corrected chi connectivity index (χ4v) is 0.819. The molecule has 0 N–H and O–H groups in total. The molecule has 0 atom stereocenters. The van der Waals surface area contributed by atoms with E-state index in [-0.39, 0.29) is 0 Å². The van der Waals surface area contributed by atoms with Gasteiger partial charge >= 0.3 is 6.09 Å². The summed E-state index contributed by atoms with van der Waals surface area (Å²) in [5, 5.41) is 1.20. The molecule has 4 nitrogen and oxygen atoms in total. The van der Waals surface area contributed by atoms with Gasteiger partial charge in [-0.3, -0.25) is 4.84 Å². The van der Waals surface area contributed by atoms with Crippen LogP contribution in [0.3, 0.4) is 0 Å². The molecule has 0 bridgehead atoms. The van der Waals surface area contributed by atoms with Crippen molar-refractivity contribution in [1.29, 1.82) is 0 Å². The molecule has 0 saturated heterocycles. The summed E-state index contributed by atoms with van der Waals surface area (Å²) in [6.45, 7) is 8.13. The molecule has 0 aromatic carbocycles. The third kappa shape index (κ3) is 6.10. The minimum absolute atomic E-state index is 0.399. The van der Waals surface area contributed by atoms with Crippen LogP contribution in [-0.4, -0.2) is 35.7 Å². The summed E-state index contributed by atoms with van der Waals surface area (Å²) in [5.74, 6) is 0.569. The Balaban J connectivity index is 4.04. The van der Waals surface area contributed by atoms with Crippen molar-refractivity contribution < 1.29 is 14.4 Å². The molecule has 5 heteroatoms. The van der Waals surface area contributed by atoms with E-state index in [0.29, 0.717) is 18.9 Å². The van der Waals surface area contributed by atoms with Gasteiger partial charge in [0.05, 0.1) is 6.61 Å². The lowest BCUT2D eigenvalue weighted by molar-refractivity contribution is -0.139. The second-order valence-electron chi connectivity index (χ2n) is 3.73. The number of amides is 1. The van der Waals surface area contributed by atoms with Crippen molar-refractivity contribution in [3.8, 4) is 0 Å². The Bertz CT molecular complexity index is 179.